The van der Waals surface area contributed by atoms with Crippen LogP contribution in [0.1, 0.15) is 45.7 Å². The summed E-state index contributed by atoms with van der Waals surface area (Å²) >= 11 is 0. The number of unbranched alkanes of at least 4 members (excludes halogenated alkanes) is 1. The third kappa shape index (κ3) is 6.25. The van der Waals surface area contributed by atoms with Crippen molar-refractivity contribution >= 4 is 5.84 Å². The smallest absolute Gasteiger partial charge is 0.127 e. The van der Waals surface area contributed by atoms with Crippen molar-refractivity contribution in [3.05, 3.63) is 54.0 Å². The van der Waals surface area contributed by atoms with E-state index in [2.05, 4.69) is 54.4 Å². The van der Waals surface area contributed by atoms with Gasteiger partial charge in [-0.15, -0.1) is 0 Å². The van der Waals surface area contributed by atoms with Gasteiger partial charge in [0.2, 0.25) is 0 Å². The Bertz CT molecular complexity index is 511. The van der Waals surface area contributed by atoms with Crippen LogP contribution in [-0.2, 0) is 6.42 Å². The molecule has 0 fully saturated rings. The second-order valence-electron chi connectivity index (χ2n) is 5.65. The zero-order valence-electron chi connectivity index (χ0n) is 14.5. The van der Waals surface area contributed by atoms with Crippen LogP contribution in [0.3, 0.4) is 0 Å². The summed E-state index contributed by atoms with van der Waals surface area (Å²) in [4.78, 5) is 11.0. The van der Waals surface area contributed by atoms with E-state index in [4.69, 9.17) is 0 Å². The minimum Gasteiger partial charge on any atom is -0.331 e. The Hall–Kier alpha value is -1.90. The van der Waals surface area contributed by atoms with E-state index in [9.17, 15) is 0 Å². The van der Waals surface area contributed by atoms with Gasteiger partial charge in [0.1, 0.15) is 5.84 Å². The van der Waals surface area contributed by atoms with Crippen LogP contribution in [0.2, 0.25) is 0 Å². The third-order valence-electron chi connectivity index (χ3n) is 3.50. The second kappa shape index (κ2) is 9.93. The molecule has 0 aromatic carbocycles. The molecule has 1 rings (SSSR count). The Morgan fingerprint density at radius 3 is 2.64 bits per heavy atom. The molecular weight excluding hydrogens is 270 g/mol. The molecule has 3 heteroatoms. The highest BCUT2D eigenvalue weighted by atomic mass is 15.2. The summed E-state index contributed by atoms with van der Waals surface area (Å²) in [6, 6.07) is 6.09. The molecule has 0 bridgehead atoms. The zero-order valence-corrected chi connectivity index (χ0v) is 14.5. The van der Waals surface area contributed by atoms with Gasteiger partial charge >= 0.3 is 0 Å². The lowest BCUT2D eigenvalue weighted by atomic mass is 10.1. The molecule has 0 unspecified atom stereocenters. The van der Waals surface area contributed by atoms with Gasteiger partial charge in [-0.3, -0.25) is 9.98 Å². The summed E-state index contributed by atoms with van der Waals surface area (Å²) in [5.74, 6) is 1.00. The average molecular weight is 299 g/mol. The Kier molecular flexibility index (Phi) is 8.19. The SMILES string of the molecule is C=C(CC)N(CCCCc1ccccn1)C(C=C(C)C)=NC. The van der Waals surface area contributed by atoms with E-state index in [0.29, 0.717) is 0 Å². The highest BCUT2D eigenvalue weighted by Gasteiger charge is 2.11. The summed E-state index contributed by atoms with van der Waals surface area (Å²) in [5, 5.41) is 0. The molecule has 22 heavy (non-hydrogen) atoms. The fourth-order valence-corrected chi connectivity index (χ4v) is 2.27. The molecule has 120 valence electrons. The van der Waals surface area contributed by atoms with Gasteiger partial charge in [-0.05, 0) is 57.7 Å². The largest absolute Gasteiger partial charge is 0.331 e. The minimum absolute atomic E-state index is 0.940. The Morgan fingerprint density at radius 1 is 1.32 bits per heavy atom. The summed E-state index contributed by atoms with van der Waals surface area (Å²) in [7, 11) is 1.85. The molecule has 0 atom stereocenters. The fraction of sp³-hybridized carbons (Fsp3) is 0.474. The molecule has 0 aliphatic rings. The topological polar surface area (TPSA) is 28.5 Å². The molecule has 0 saturated heterocycles. The molecule has 0 amide bonds. The standard InChI is InChI=1S/C19H29N3/c1-6-17(4)22(19(20-5)15-16(2)3)14-10-8-12-18-11-7-9-13-21-18/h7,9,11,13,15H,4,6,8,10,12,14H2,1-3,5H3. The van der Waals surface area contributed by atoms with Gasteiger partial charge in [-0.25, -0.2) is 0 Å². The molecule has 0 spiro atoms. The predicted molar refractivity (Wildman–Crippen MR) is 96.1 cm³/mol. The van der Waals surface area contributed by atoms with E-state index in [-0.39, 0.29) is 0 Å². The first-order valence-electron chi connectivity index (χ1n) is 8.05. The van der Waals surface area contributed by atoms with Crippen molar-refractivity contribution in [1.82, 2.24) is 9.88 Å². The predicted octanol–water partition coefficient (Wildman–Crippen LogP) is 4.62. The van der Waals surface area contributed by atoms with Crippen LogP contribution in [-0.4, -0.2) is 29.3 Å². The summed E-state index contributed by atoms with van der Waals surface area (Å²) in [6.45, 7) is 11.5. The van der Waals surface area contributed by atoms with Gasteiger partial charge < -0.3 is 4.90 Å². The lowest BCUT2D eigenvalue weighted by Gasteiger charge is -2.26. The first kappa shape index (κ1) is 18.1. The lowest BCUT2D eigenvalue weighted by molar-refractivity contribution is 0.473. The van der Waals surface area contributed by atoms with E-state index in [1.54, 1.807) is 0 Å². The van der Waals surface area contributed by atoms with Crippen LogP contribution in [0.15, 0.2) is 53.3 Å². The van der Waals surface area contributed by atoms with Gasteiger partial charge in [0.15, 0.2) is 0 Å². The van der Waals surface area contributed by atoms with Gasteiger partial charge in [0.25, 0.3) is 0 Å². The number of aryl methyl sites for hydroxylation is 1. The zero-order chi connectivity index (χ0) is 16.4. The third-order valence-corrected chi connectivity index (χ3v) is 3.50. The molecule has 1 aromatic rings. The number of aromatic nitrogens is 1. The number of rotatable bonds is 8. The maximum absolute atomic E-state index is 4.43. The number of allylic oxidation sites excluding steroid dienone is 2. The van der Waals surface area contributed by atoms with Crippen LogP contribution in [0, 0.1) is 0 Å². The molecule has 0 saturated carbocycles. The molecule has 1 heterocycles. The average Bonchev–Trinajstić information content (AvgIpc) is 2.53. The van der Waals surface area contributed by atoms with Gasteiger partial charge in [0.05, 0.1) is 0 Å². The summed E-state index contributed by atoms with van der Waals surface area (Å²) < 4.78 is 0. The Morgan fingerprint density at radius 2 is 2.09 bits per heavy atom. The minimum atomic E-state index is 0.940. The number of hydrogen-bond donors (Lipinski definition) is 0. The van der Waals surface area contributed by atoms with Crippen LogP contribution in [0.5, 0.6) is 0 Å². The normalized spacial score (nSPS) is 11.2. The molecule has 1 aromatic heterocycles. The van der Waals surface area contributed by atoms with Gasteiger partial charge in [0, 0.05) is 31.2 Å². The van der Waals surface area contributed by atoms with E-state index >= 15 is 0 Å². The number of nitrogens with zero attached hydrogens (tertiary/aromatic N) is 3. The number of pyridine rings is 1. The van der Waals surface area contributed by atoms with Crippen molar-refractivity contribution in [3.63, 3.8) is 0 Å². The molecule has 0 aliphatic carbocycles. The Balaban J connectivity index is 2.59. The fourth-order valence-electron chi connectivity index (χ4n) is 2.27. The second-order valence-corrected chi connectivity index (χ2v) is 5.65. The highest BCUT2D eigenvalue weighted by Crippen LogP contribution is 2.12. The lowest BCUT2D eigenvalue weighted by Crippen LogP contribution is -2.29. The van der Waals surface area contributed by atoms with Crippen LogP contribution in [0.4, 0.5) is 0 Å². The van der Waals surface area contributed by atoms with E-state index in [0.717, 1.165) is 49.5 Å². The highest BCUT2D eigenvalue weighted by molar-refractivity contribution is 5.94. The molecule has 0 aliphatic heterocycles. The molecule has 0 N–H and O–H groups in total. The number of amidine groups is 1. The van der Waals surface area contributed by atoms with Crippen molar-refractivity contribution in [3.8, 4) is 0 Å². The van der Waals surface area contributed by atoms with Gasteiger partial charge in [-0.1, -0.05) is 25.1 Å². The number of hydrogen-bond acceptors (Lipinski definition) is 2. The summed E-state index contributed by atoms with van der Waals surface area (Å²) in [5.41, 5.74) is 3.54. The maximum atomic E-state index is 4.43. The quantitative estimate of drug-likeness (QED) is 0.398. The van der Waals surface area contributed by atoms with Gasteiger partial charge in [-0.2, -0.15) is 0 Å². The van der Waals surface area contributed by atoms with Crippen molar-refractivity contribution < 1.29 is 0 Å². The van der Waals surface area contributed by atoms with Crippen molar-refractivity contribution in [2.45, 2.75) is 46.5 Å². The van der Waals surface area contributed by atoms with E-state index in [1.807, 2.05) is 25.4 Å². The molecule has 0 radical (unpaired) electrons. The van der Waals surface area contributed by atoms with Crippen LogP contribution in [0.25, 0.3) is 0 Å². The van der Waals surface area contributed by atoms with Crippen molar-refractivity contribution in [1.29, 1.82) is 0 Å². The van der Waals surface area contributed by atoms with E-state index in [1.165, 1.54) is 5.57 Å². The molecular formula is C19H29N3. The Labute approximate surface area is 135 Å². The maximum Gasteiger partial charge on any atom is 0.127 e. The van der Waals surface area contributed by atoms with Crippen LogP contribution >= 0.6 is 0 Å². The first-order chi connectivity index (χ1) is 10.6. The number of aliphatic imine (C=N–C) groups is 1. The van der Waals surface area contributed by atoms with E-state index < -0.39 is 0 Å². The van der Waals surface area contributed by atoms with Crippen LogP contribution < -0.4 is 0 Å². The first-order valence-corrected chi connectivity index (χ1v) is 8.05. The van der Waals surface area contributed by atoms with Crippen molar-refractivity contribution in [2.24, 2.45) is 4.99 Å². The summed E-state index contributed by atoms with van der Waals surface area (Å²) in [6.07, 6.45) is 8.17. The molecule has 3 nitrogen and oxygen atoms in total. The monoisotopic (exact) mass is 299 g/mol. The van der Waals surface area contributed by atoms with Crippen molar-refractivity contribution in [2.75, 3.05) is 13.6 Å².